The predicted octanol–water partition coefficient (Wildman–Crippen LogP) is 5.88. The lowest BCUT2D eigenvalue weighted by Crippen LogP contribution is -2.27. The largest absolute Gasteiger partial charge is 0.395 e. The summed E-state index contributed by atoms with van der Waals surface area (Å²) in [6.07, 6.45) is -8.08. The first-order valence-electron chi connectivity index (χ1n) is 9.95. The fourth-order valence-corrected chi connectivity index (χ4v) is 4.86. The molecule has 0 fully saturated rings. The molecule has 2 atom stereocenters. The van der Waals surface area contributed by atoms with E-state index < -0.39 is 67.6 Å². The van der Waals surface area contributed by atoms with Gasteiger partial charge in [-0.15, -0.1) is 0 Å². The Kier molecular flexibility index (Phi) is 12.8. The molecule has 0 bridgehead atoms. The van der Waals surface area contributed by atoms with Crippen LogP contribution in [0.1, 0.15) is 35.8 Å². The van der Waals surface area contributed by atoms with Crippen molar-refractivity contribution < 1.29 is 43.2 Å². The van der Waals surface area contributed by atoms with Gasteiger partial charge in [0.1, 0.15) is 9.21 Å². The van der Waals surface area contributed by atoms with E-state index in [-0.39, 0.29) is 11.1 Å². The third-order valence-electron chi connectivity index (χ3n) is 4.73. The summed E-state index contributed by atoms with van der Waals surface area (Å²) >= 11 is 6.04. The summed E-state index contributed by atoms with van der Waals surface area (Å²) in [5, 5.41) is 0. The highest BCUT2D eigenvalue weighted by Crippen LogP contribution is 2.38. The first-order valence-corrected chi connectivity index (χ1v) is 15.7. The average molecular weight is 728 g/mol. The quantitative estimate of drug-likeness (QED) is 0.197. The second kappa shape index (κ2) is 13.9. The summed E-state index contributed by atoms with van der Waals surface area (Å²) in [4.78, 5) is 7.42. The van der Waals surface area contributed by atoms with Crippen LogP contribution in [-0.2, 0) is 19.1 Å². The Labute approximate surface area is 231 Å². The number of sulfonamides is 1. The van der Waals surface area contributed by atoms with E-state index >= 15 is 0 Å². The van der Waals surface area contributed by atoms with Gasteiger partial charge in [-0.25, -0.2) is 31.5 Å². The molecule has 2 aromatic rings. The number of alkyl halides is 6. The normalized spacial score (nSPS) is 14.4. The summed E-state index contributed by atoms with van der Waals surface area (Å²) in [5.74, 6) is -5.08. The van der Waals surface area contributed by atoms with E-state index in [1.807, 2.05) is 4.72 Å². The minimum atomic E-state index is -4.54. The summed E-state index contributed by atoms with van der Waals surface area (Å²) in [6, 6.07) is 5.28. The van der Waals surface area contributed by atoms with Crippen LogP contribution in [0.25, 0.3) is 0 Å². The maximum Gasteiger partial charge on any atom is 0.395 e. The second-order valence-corrected chi connectivity index (χ2v) is 13.9. The molecule has 0 aliphatic heterocycles. The first-order chi connectivity index (χ1) is 16.7. The van der Waals surface area contributed by atoms with Gasteiger partial charge in [0.15, 0.2) is 0 Å². The van der Waals surface area contributed by atoms with Crippen molar-refractivity contribution in [1.82, 2.24) is 14.7 Å². The molecule has 0 aliphatic rings. The molecule has 0 radical (unpaired) electrons. The molecule has 2 rings (SSSR count). The van der Waals surface area contributed by atoms with E-state index in [0.29, 0.717) is 9.21 Å². The number of aromatic nitrogens is 2. The summed E-state index contributed by atoms with van der Waals surface area (Å²) in [7, 11) is -1.54. The molecule has 2 aromatic heterocycles. The van der Waals surface area contributed by atoms with Gasteiger partial charge in [0.2, 0.25) is 19.1 Å². The molecule has 0 aliphatic carbocycles. The van der Waals surface area contributed by atoms with Gasteiger partial charge in [0.25, 0.3) is 0 Å². The highest BCUT2D eigenvalue weighted by molar-refractivity contribution is 9.10. The Morgan fingerprint density at radius 3 is 1.46 bits per heavy atom. The molecule has 1 N–H and O–H groups in total. The Hall–Kier alpha value is -1.01. The molecule has 18 heteroatoms. The number of hydrogen-bond donors (Lipinski definition) is 1. The Bertz CT molecular complexity index is 1210. The van der Waals surface area contributed by atoms with E-state index in [1.54, 1.807) is 0 Å². The Morgan fingerprint density at radius 1 is 0.811 bits per heavy atom. The number of nitrogens with zero attached hydrogens (tertiary/aromatic N) is 2. The molecule has 37 heavy (non-hydrogen) atoms. The van der Waals surface area contributed by atoms with Crippen LogP contribution in [0.5, 0.6) is 0 Å². The minimum absolute atomic E-state index is 0.0537. The molecule has 0 saturated carbocycles. The lowest BCUT2D eigenvalue weighted by Gasteiger charge is -2.20. The van der Waals surface area contributed by atoms with Crippen molar-refractivity contribution in [2.75, 3.05) is 18.6 Å². The van der Waals surface area contributed by atoms with E-state index in [9.17, 15) is 43.2 Å². The standard InChI is InChI=1S/C10H12BrF3N2O2S.C9H8BrClF3NO2S/c1-15-19(17,18)5-4-8(10(12,13)14)7-2-3-9(11)16-6-7;10-8-2-1-6(5-15-8)7(9(12,13)14)3-4-18(11,16)17/h2-3,6,8,15H,4-5H2,1H3;1-2,5,7H,3-4H2. The summed E-state index contributed by atoms with van der Waals surface area (Å²) < 4.78 is 124. The van der Waals surface area contributed by atoms with E-state index in [4.69, 9.17) is 10.7 Å². The number of pyridine rings is 2. The van der Waals surface area contributed by atoms with Crippen molar-refractivity contribution in [3.63, 3.8) is 0 Å². The van der Waals surface area contributed by atoms with Crippen molar-refractivity contribution in [2.24, 2.45) is 0 Å². The van der Waals surface area contributed by atoms with Crippen LogP contribution >= 0.6 is 42.5 Å². The zero-order valence-electron chi connectivity index (χ0n) is 18.7. The summed E-state index contributed by atoms with van der Waals surface area (Å²) in [6.45, 7) is 0. The topological polar surface area (TPSA) is 106 Å². The smallest absolute Gasteiger partial charge is 0.249 e. The lowest BCUT2D eigenvalue weighted by atomic mass is 9.98. The number of halogens is 9. The van der Waals surface area contributed by atoms with Crippen LogP contribution < -0.4 is 4.72 Å². The molecule has 0 saturated heterocycles. The zero-order chi connectivity index (χ0) is 28.7. The Morgan fingerprint density at radius 2 is 1.19 bits per heavy atom. The van der Waals surface area contributed by atoms with Crippen LogP contribution in [0.15, 0.2) is 45.9 Å². The SMILES string of the molecule is CNS(=O)(=O)CCC(c1ccc(Br)nc1)C(F)(F)F.O=S(=O)(Cl)CCC(c1ccc(Br)nc1)C(F)(F)F. The zero-order valence-corrected chi connectivity index (χ0v) is 24.3. The van der Waals surface area contributed by atoms with Crippen molar-refractivity contribution in [2.45, 2.75) is 37.0 Å². The van der Waals surface area contributed by atoms with Crippen molar-refractivity contribution >= 4 is 61.6 Å². The fraction of sp³-hybridized carbons (Fsp3) is 0.474. The van der Waals surface area contributed by atoms with E-state index in [1.165, 1.54) is 31.3 Å². The van der Waals surface area contributed by atoms with Gasteiger partial charge in [0, 0.05) is 23.1 Å². The fourth-order valence-electron chi connectivity index (χ4n) is 2.86. The monoisotopic (exact) mass is 725 g/mol. The van der Waals surface area contributed by atoms with Crippen LogP contribution in [-0.4, -0.2) is 57.7 Å². The Balaban J connectivity index is 0.000000371. The molecule has 0 spiro atoms. The van der Waals surface area contributed by atoms with Gasteiger partial charge < -0.3 is 0 Å². The molecule has 2 unspecified atom stereocenters. The lowest BCUT2D eigenvalue weighted by molar-refractivity contribution is -0.151. The molecule has 0 amide bonds. The molecule has 210 valence electrons. The number of rotatable bonds is 9. The van der Waals surface area contributed by atoms with Gasteiger partial charge in [-0.2, -0.15) is 26.3 Å². The highest BCUT2D eigenvalue weighted by Gasteiger charge is 2.42. The van der Waals surface area contributed by atoms with E-state index in [2.05, 4.69) is 41.8 Å². The molecule has 7 nitrogen and oxygen atoms in total. The van der Waals surface area contributed by atoms with Crippen LogP contribution in [0.4, 0.5) is 26.3 Å². The predicted molar refractivity (Wildman–Crippen MR) is 133 cm³/mol. The van der Waals surface area contributed by atoms with Gasteiger partial charge in [-0.3, -0.25) is 0 Å². The third kappa shape index (κ3) is 13.1. The van der Waals surface area contributed by atoms with Gasteiger partial charge in [-0.05, 0) is 75.0 Å². The van der Waals surface area contributed by atoms with Crippen LogP contribution in [0.2, 0.25) is 0 Å². The number of nitrogens with one attached hydrogen (secondary N) is 1. The molecular formula is C19H20Br2ClF6N3O4S2. The van der Waals surface area contributed by atoms with Gasteiger partial charge in [0.05, 0.1) is 23.3 Å². The van der Waals surface area contributed by atoms with E-state index in [0.717, 1.165) is 12.4 Å². The minimum Gasteiger partial charge on any atom is -0.249 e. The summed E-state index contributed by atoms with van der Waals surface area (Å²) in [5.41, 5.74) is -0.145. The molecule has 0 aromatic carbocycles. The third-order valence-corrected chi connectivity index (χ3v) is 8.25. The van der Waals surface area contributed by atoms with Crippen LogP contribution in [0, 0.1) is 0 Å². The maximum absolute atomic E-state index is 12.9. The maximum atomic E-state index is 12.9. The second-order valence-electron chi connectivity index (χ2n) is 7.36. The van der Waals surface area contributed by atoms with Crippen molar-refractivity contribution in [3.05, 3.63) is 57.0 Å². The average Bonchev–Trinajstić information content (AvgIpc) is 2.74. The van der Waals surface area contributed by atoms with Crippen molar-refractivity contribution in [3.8, 4) is 0 Å². The van der Waals surface area contributed by atoms with Crippen molar-refractivity contribution in [1.29, 1.82) is 0 Å². The molecular weight excluding hydrogens is 708 g/mol. The highest BCUT2D eigenvalue weighted by atomic mass is 79.9. The molecule has 2 heterocycles. The van der Waals surface area contributed by atoms with Crippen LogP contribution in [0.3, 0.4) is 0 Å². The van der Waals surface area contributed by atoms with Gasteiger partial charge in [-0.1, -0.05) is 12.1 Å². The first kappa shape index (κ1) is 34.0. The van der Waals surface area contributed by atoms with Gasteiger partial charge >= 0.3 is 12.4 Å². The number of hydrogen-bond acceptors (Lipinski definition) is 6.